The normalized spacial score (nSPS) is 14.1. The maximum absolute atomic E-state index is 12.7. The van der Waals surface area contributed by atoms with Crippen LogP contribution in [-0.2, 0) is 15.0 Å². The lowest BCUT2D eigenvalue weighted by Gasteiger charge is -2.43. The maximum Gasteiger partial charge on any atom is 0.408 e. The minimum Gasteiger partial charge on any atom is -0.464 e. The van der Waals surface area contributed by atoms with Gasteiger partial charge >= 0.3 is 12.1 Å². The van der Waals surface area contributed by atoms with Crippen LogP contribution in [-0.4, -0.2) is 44.4 Å². The molecule has 43 heavy (non-hydrogen) atoms. The second kappa shape index (κ2) is 11.0. The number of carbonyl (C=O) groups is 2. The number of imidazole rings is 1. The largest absolute Gasteiger partial charge is 0.464 e. The zero-order valence-corrected chi connectivity index (χ0v) is 24.6. The number of alkyl carbamates (subject to hydrolysis) is 1. The van der Waals surface area contributed by atoms with Crippen molar-refractivity contribution in [3.05, 3.63) is 96.4 Å². The summed E-state index contributed by atoms with van der Waals surface area (Å²) in [6, 6.07) is 23.8. The van der Waals surface area contributed by atoms with Gasteiger partial charge in [0.1, 0.15) is 11.3 Å². The van der Waals surface area contributed by atoms with Crippen molar-refractivity contribution in [1.82, 2.24) is 24.9 Å². The van der Waals surface area contributed by atoms with Gasteiger partial charge in [-0.25, -0.2) is 24.1 Å². The number of fused-ring (bicyclic) bond motifs is 1. The molecule has 2 aromatic carbocycles. The average molecular weight is 576 g/mol. The van der Waals surface area contributed by atoms with Crippen molar-refractivity contribution in [1.29, 1.82) is 0 Å². The average Bonchev–Trinajstić information content (AvgIpc) is 3.41. The number of hydrogen-bond acceptors (Lipinski definition) is 7. The number of esters is 1. The van der Waals surface area contributed by atoms with Crippen LogP contribution in [0, 0.1) is 0 Å². The molecular formula is C34H33N5O4. The minimum atomic E-state index is -0.567. The zero-order chi connectivity index (χ0) is 30.2. The molecule has 1 N–H and O–H groups in total. The van der Waals surface area contributed by atoms with Crippen LogP contribution in [0.4, 0.5) is 4.79 Å². The molecule has 9 heteroatoms. The number of pyridine rings is 1. The third-order valence-corrected chi connectivity index (χ3v) is 7.69. The summed E-state index contributed by atoms with van der Waals surface area (Å²) in [6.07, 6.45) is 5.70. The molecule has 3 aromatic heterocycles. The second-order valence-corrected chi connectivity index (χ2v) is 11.7. The highest BCUT2D eigenvalue weighted by atomic mass is 16.6. The third kappa shape index (κ3) is 5.58. The van der Waals surface area contributed by atoms with E-state index in [-0.39, 0.29) is 5.69 Å². The highest BCUT2D eigenvalue weighted by Gasteiger charge is 2.41. The van der Waals surface area contributed by atoms with Crippen LogP contribution in [0.5, 0.6) is 0 Å². The molecule has 5 aromatic rings. The SMILES string of the molecule is COC(=O)c1ccc(-c2cnc3cc(-c4ccccc4)c(-c4ccc(C5(NC(=O)OC(C)(C)C)CCC5)cc4)nn23)cn1. The van der Waals surface area contributed by atoms with E-state index in [4.69, 9.17) is 14.6 Å². The van der Waals surface area contributed by atoms with Gasteiger partial charge in [0.25, 0.3) is 0 Å². The molecule has 3 heterocycles. The van der Waals surface area contributed by atoms with E-state index < -0.39 is 23.2 Å². The van der Waals surface area contributed by atoms with E-state index in [9.17, 15) is 9.59 Å². The summed E-state index contributed by atoms with van der Waals surface area (Å²) in [5.41, 5.74) is 6.12. The highest BCUT2D eigenvalue weighted by Crippen LogP contribution is 2.42. The number of nitrogens with zero attached hydrogens (tertiary/aromatic N) is 4. The van der Waals surface area contributed by atoms with Crippen LogP contribution in [0.3, 0.4) is 0 Å². The van der Waals surface area contributed by atoms with Crippen molar-refractivity contribution in [2.24, 2.45) is 0 Å². The number of carbonyl (C=O) groups excluding carboxylic acids is 2. The Balaban J connectivity index is 1.40. The molecule has 1 aliphatic carbocycles. The summed E-state index contributed by atoms with van der Waals surface area (Å²) in [5.74, 6) is -0.494. The van der Waals surface area contributed by atoms with Gasteiger partial charge in [-0.1, -0.05) is 54.6 Å². The van der Waals surface area contributed by atoms with E-state index in [1.165, 1.54) is 7.11 Å². The van der Waals surface area contributed by atoms with Crippen LogP contribution in [0.15, 0.2) is 85.2 Å². The summed E-state index contributed by atoms with van der Waals surface area (Å²) in [5, 5.41) is 8.23. The number of hydrogen-bond donors (Lipinski definition) is 1. The first kappa shape index (κ1) is 28.1. The molecule has 0 saturated heterocycles. The number of rotatable bonds is 6. The Morgan fingerprint density at radius 3 is 2.21 bits per heavy atom. The molecule has 6 rings (SSSR count). The molecule has 1 saturated carbocycles. The van der Waals surface area contributed by atoms with Gasteiger partial charge in [-0.05, 0) is 69.4 Å². The zero-order valence-electron chi connectivity index (χ0n) is 24.6. The molecule has 0 aliphatic heterocycles. The third-order valence-electron chi connectivity index (χ3n) is 7.69. The van der Waals surface area contributed by atoms with Gasteiger partial charge in [0.05, 0.1) is 30.2 Å². The molecule has 9 nitrogen and oxygen atoms in total. The number of aromatic nitrogens is 4. The summed E-state index contributed by atoms with van der Waals surface area (Å²) in [7, 11) is 1.33. The number of methoxy groups -OCH3 is 1. The number of nitrogens with one attached hydrogen (secondary N) is 1. The first-order valence-corrected chi connectivity index (χ1v) is 14.3. The molecule has 0 atom stereocenters. The van der Waals surface area contributed by atoms with Gasteiger partial charge in [0, 0.05) is 22.9 Å². The minimum absolute atomic E-state index is 0.227. The Morgan fingerprint density at radius 2 is 1.60 bits per heavy atom. The molecule has 1 amide bonds. The number of amides is 1. The lowest BCUT2D eigenvalue weighted by Crippen LogP contribution is -2.52. The molecule has 218 valence electrons. The van der Waals surface area contributed by atoms with Crippen LogP contribution >= 0.6 is 0 Å². The fourth-order valence-electron chi connectivity index (χ4n) is 5.40. The molecule has 0 radical (unpaired) electrons. The molecule has 0 spiro atoms. The predicted molar refractivity (Wildman–Crippen MR) is 163 cm³/mol. The van der Waals surface area contributed by atoms with E-state index in [0.717, 1.165) is 58.5 Å². The van der Waals surface area contributed by atoms with Crippen molar-refractivity contribution in [3.8, 4) is 33.6 Å². The smallest absolute Gasteiger partial charge is 0.408 e. The van der Waals surface area contributed by atoms with Crippen LogP contribution in [0.2, 0.25) is 0 Å². The molecular weight excluding hydrogens is 542 g/mol. The Morgan fingerprint density at radius 1 is 0.884 bits per heavy atom. The quantitative estimate of drug-likeness (QED) is 0.222. The van der Waals surface area contributed by atoms with E-state index in [1.54, 1.807) is 29.0 Å². The fraction of sp³-hybridized carbons (Fsp3) is 0.265. The molecule has 1 fully saturated rings. The van der Waals surface area contributed by atoms with Gasteiger partial charge in [0.15, 0.2) is 5.65 Å². The number of benzene rings is 2. The Labute approximate surface area is 249 Å². The van der Waals surface area contributed by atoms with Crippen LogP contribution in [0.1, 0.15) is 56.1 Å². The van der Waals surface area contributed by atoms with Crippen molar-refractivity contribution in [3.63, 3.8) is 0 Å². The maximum atomic E-state index is 12.7. The summed E-state index contributed by atoms with van der Waals surface area (Å²) in [6.45, 7) is 5.59. The standard InChI is InChI=1S/C34H33N5O4/c1-33(2,3)43-32(41)37-34(17-8-18-34)25-14-11-23(12-15-25)30-26(22-9-6-5-7-10-22)19-29-36-21-28(39(29)38-30)24-13-16-27(35-20-24)31(40)42-4/h5-7,9-16,19-21H,8,17-18H2,1-4H3,(H,37,41). The first-order chi connectivity index (χ1) is 20.7. The summed E-state index contributed by atoms with van der Waals surface area (Å²) >= 11 is 0. The Hall–Kier alpha value is -5.05. The van der Waals surface area contributed by atoms with E-state index in [2.05, 4.69) is 51.7 Å². The van der Waals surface area contributed by atoms with Crippen molar-refractivity contribution in [2.75, 3.05) is 7.11 Å². The van der Waals surface area contributed by atoms with Gasteiger partial charge in [-0.15, -0.1) is 0 Å². The highest BCUT2D eigenvalue weighted by molar-refractivity contribution is 5.87. The van der Waals surface area contributed by atoms with Crippen LogP contribution < -0.4 is 5.32 Å². The predicted octanol–water partition coefficient (Wildman–Crippen LogP) is 6.82. The fourth-order valence-corrected chi connectivity index (χ4v) is 5.40. The lowest BCUT2D eigenvalue weighted by atomic mass is 9.71. The summed E-state index contributed by atoms with van der Waals surface area (Å²) < 4.78 is 12.1. The number of ether oxygens (including phenoxy) is 2. The van der Waals surface area contributed by atoms with Crippen LogP contribution in [0.25, 0.3) is 39.3 Å². The van der Waals surface area contributed by atoms with Crippen molar-refractivity contribution < 1.29 is 19.1 Å². The van der Waals surface area contributed by atoms with Gasteiger partial charge in [-0.2, -0.15) is 5.10 Å². The van der Waals surface area contributed by atoms with Crippen molar-refractivity contribution >= 4 is 17.7 Å². The van der Waals surface area contributed by atoms with E-state index >= 15 is 0 Å². The Bertz CT molecular complexity index is 1790. The Kier molecular flexibility index (Phi) is 7.17. The summed E-state index contributed by atoms with van der Waals surface area (Å²) in [4.78, 5) is 33.4. The molecule has 0 bridgehead atoms. The molecule has 1 aliphatic rings. The van der Waals surface area contributed by atoms with E-state index in [0.29, 0.717) is 5.65 Å². The van der Waals surface area contributed by atoms with Crippen molar-refractivity contribution in [2.45, 2.75) is 51.2 Å². The van der Waals surface area contributed by atoms with E-state index in [1.807, 2.05) is 45.0 Å². The monoisotopic (exact) mass is 575 g/mol. The topological polar surface area (TPSA) is 108 Å². The van der Waals surface area contributed by atoms with Gasteiger partial charge < -0.3 is 14.8 Å². The first-order valence-electron chi connectivity index (χ1n) is 14.3. The molecule has 0 unspecified atom stereocenters. The van der Waals surface area contributed by atoms with Gasteiger partial charge in [0.2, 0.25) is 0 Å². The second-order valence-electron chi connectivity index (χ2n) is 11.7. The van der Waals surface area contributed by atoms with Gasteiger partial charge in [-0.3, -0.25) is 0 Å². The lowest BCUT2D eigenvalue weighted by molar-refractivity contribution is 0.0377.